The smallest absolute Gasteiger partial charge is 0.410 e. The molecule has 0 spiro atoms. The van der Waals surface area contributed by atoms with E-state index in [0.717, 1.165) is 34.2 Å². The maximum Gasteiger partial charge on any atom is 0.410 e. The van der Waals surface area contributed by atoms with E-state index in [1.54, 1.807) is 63.8 Å². The van der Waals surface area contributed by atoms with Gasteiger partial charge in [0.1, 0.15) is 46.9 Å². The predicted octanol–water partition coefficient (Wildman–Crippen LogP) is 6.02. The molecule has 4 aromatic carbocycles. The number of carboxylic acid groups (broad SMARTS) is 1. The number of hydrogen-bond donors (Lipinski definition) is 5. The van der Waals surface area contributed by atoms with Gasteiger partial charge >= 0.3 is 12.2 Å². The van der Waals surface area contributed by atoms with E-state index in [2.05, 4.69) is 26.2 Å². The lowest BCUT2D eigenvalue weighted by molar-refractivity contribution is -0.144. The number of rotatable bonds is 17. The molecule has 0 bridgehead atoms. The average Bonchev–Trinajstić information content (AvgIpc) is 1.90. The van der Waals surface area contributed by atoms with Gasteiger partial charge in [0.05, 0.1) is 31.7 Å². The van der Waals surface area contributed by atoms with Crippen LogP contribution in [0.4, 0.5) is 39.8 Å². The van der Waals surface area contributed by atoms with E-state index in [0.29, 0.717) is 62.4 Å². The van der Waals surface area contributed by atoms with Crippen LogP contribution >= 0.6 is 0 Å². The number of likely N-dealkylation sites (N-methyl/N-ethyl adjacent to an activating group) is 1. The van der Waals surface area contributed by atoms with E-state index in [4.69, 9.17) is 14.2 Å². The van der Waals surface area contributed by atoms with E-state index in [-0.39, 0.29) is 75.2 Å². The van der Waals surface area contributed by atoms with Crippen molar-refractivity contribution in [1.82, 2.24) is 35.1 Å². The summed E-state index contributed by atoms with van der Waals surface area (Å²) in [4.78, 5) is 122. The van der Waals surface area contributed by atoms with Crippen molar-refractivity contribution in [2.45, 2.75) is 122 Å². The summed E-state index contributed by atoms with van der Waals surface area (Å²) < 4.78 is 61.1. The molecule has 89 heavy (non-hydrogen) atoms. The molecule has 0 aromatic heterocycles. The number of carbonyl (C=O) groups excluding carboxylic acids is 7. The van der Waals surface area contributed by atoms with Gasteiger partial charge in [0.2, 0.25) is 29.5 Å². The van der Waals surface area contributed by atoms with Gasteiger partial charge in [-0.2, -0.15) is 0 Å². The maximum atomic E-state index is 15.2. The zero-order valence-corrected chi connectivity index (χ0v) is 51.4. The Bertz CT molecular complexity index is 3330. The van der Waals surface area contributed by atoms with Crippen LogP contribution in [-0.4, -0.2) is 192 Å². The van der Waals surface area contributed by atoms with Gasteiger partial charge < -0.3 is 55.3 Å². The molecule has 3 unspecified atom stereocenters. The molecule has 5 aliphatic rings. The highest BCUT2D eigenvalue weighted by atomic mass is 19.1. The van der Waals surface area contributed by atoms with Crippen LogP contribution in [0.15, 0.2) is 78.9 Å². The molecule has 478 valence electrons. The number of nitrogens with one attached hydrogen (secondary N) is 4. The number of ether oxygens (including phenoxy) is 3. The van der Waals surface area contributed by atoms with Gasteiger partial charge in [-0.3, -0.25) is 43.5 Å². The van der Waals surface area contributed by atoms with Crippen LogP contribution in [0.3, 0.4) is 0 Å². The molecule has 3 saturated heterocycles. The normalized spacial score (nSPS) is 22.1. The van der Waals surface area contributed by atoms with Crippen molar-refractivity contribution >= 4 is 64.7 Å². The van der Waals surface area contributed by atoms with Crippen molar-refractivity contribution < 1.29 is 70.8 Å². The van der Waals surface area contributed by atoms with Crippen molar-refractivity contribution in [2.75, 3.05) is 94.8 Å². The molecule has 22 nitrogen and oxygen atoms in total. The third-order valence-electron chi connectivity index (χ3n) is 17.5. The first kappa shape index (κ1) is 65.3. The second kappa shape index (κ2) is 27.3. The number of halogens is 3. The predicted molar refractivity (Wildman–Crippen MR) is 322 cm³/mol. The zero-order chi connectivity index (χ0) is 64.2. The summed E-state index contributed by atoms with van der Waals surface area (Å²) in [6, 6.07) is 14.4. The van der Waals surface area contributed by atoms with Gasteiger partial charge in [0.25, 0.3) is 5.91 Å². The van der Waals surface area contributed by atoms with Crippen molar-refractivity contribution in [3.63, 3.8) is 0 Å². The number of morpholine rings is 1. The van der Waals surface area contributed by atoms with Gasteiger partial charge in [0.15, 0.2) is 0 Å². The summed E-state index contributed by atoms with van der Waals surface area (Å²) in [6.07, 6.45) is -0.779. The highest BCUT2D eigenvalue weighted by Gasteiger charge is 2.49. The fourth-order valence-electron chi connectivity index (χ4n) is 12.3. The summed E-state index contributed by atoms with van der Waals surface area (Å²) in [5, 5.41) is 20.8. The lowest BCUT2D eigenvalue weighted by Gasteiger charge is -2.47. The molecule has 7 atom stereocenters. The lowest BCUT2D eigenvalue weighted by Crippen LogP contribution is -2.64. The molecular formula is C64H79F3N10O12. The number of fused-ring (bicyclic) bond motifs is 2. The first-order chi connectivity index (χ1) is 42.2. The molecule has 0 saturated carbocycles. The maximum absolute atomic E-state index is 15.2. The van der Waals surface area contributed by atoms with Crippen LogP contribution in [-0.2, 0) is 61.4 Å². The van der Waals surface area contributed by atoms with Crippen LogP contribution in [0.5, 0.6) is 0 Å². The number of nitrogens with zero attached hydrogens (tertiary/aromatic N) is 6. The topological polar surface area (TPSA) is 252 Å². The van der Waals surface area contributed by atoms with Gasteiger partial charge in [-0.1, -0.05) is 36.4 Å². The number of benzene rings is 4. The number of piperazine rings is 1. The van der Waals surface area contributed by atoms with E-state index in [1.807, 2.05) is 24.0 Å². The minimum atomic E-state index is -1.57. The first-order valence-electron chi connectivity index (χ1n) is 30.0. The molecular weight excluding hydrogens is 1160 g/mol. The fraction of sp³-hybridized carbons (Fsp3) is 0.500. The minimum Gasteiger partial charge on any atom is -0.465 e. The molecule has 5 heterocycles. The Morgan fingerprint density at radius 2 is 1.53 bits per heavy atom. The second-order valence-electron chi connectivity index (χ2n) is 25.1. The van der Waals surface area contributed by atoms with Crippen molar-refractivity contribution in [3.05, 3.63) is 124 Å². The molecule has 9 rings (SSSR count). The Balaban J connectivity index is 0.944. The molecule has 8 amide bonds. The van der Waals surface area contributed by atoms with Crippen LogP contribution in [0, 0.1) is 23.4 Å². The fourth-order valence-corrected chi connectivity index (χ4v) is 12.3. The molecule has 0 radical (unpaired) electrons. The SMILES string of the molecule is CC(C(=O)NC(C(=O)N1Cc2ccc(NC(=O)CNC(=O)C3(C)CN(C(=O)CN4C[C@@H](C)N(C(=O)O)C[C@@H]4CN4CCOC[C@H]4C)c4cc(Cc5ccc(F)cc5)ccc43)cc2[C@H]1C(=O)Nc1c(F)cccc1F)C1CCOCC1)N(C)C(=O)OC(C)(C)C. The Labute approximate surface area is 515 Å². The van der Waals surface area contributed by atoms with Gasteiger partial charge in [0, 0.05) is 89.0 Å². The van der Waals surface area contributed by atoms with E-state index in [9.17, 15) is 43.1 Å². The van der Waals surface area contributed by atoms with E-state index >= 15 is 13.6 Å². The summed E-state index contributed by atoms with van der Waals surface area (Å²) in [5.41, 5.74) is 0.258. The third kappa shape index (κ3) is 15.0. The van der Waals surface area contributed by atoms with Gasteiger partial charge in [-0.05, 0) is 144 Å². The Hall–Kier alpha value is -8.13. The standard InChI is InChI=1S/C64H79F3N10O12/c1-37-30-74(46(33-75(37)61(84)85)32-73-22-25-88-35-38(73)2)34-53(79)77-36-64(7,48-19-14-41(27-51(48)77)26-40-12-16-44(65)17-13-40)60(83)68-29-52(78)69-45-18-15-43-31-76(56(47(43)28-45)58(81)71-55-49(66)10-9-11-50(55)67)59(82)54(42-20-23-87-24-21-42)70-57(80)39(3)72(8)62(86)89-63(4,5)6/h9-19,27-28,37-39,42,46,54,56H,20-26,29-36H2,1-8H3,(H,68,83)(H,69,78)(H,70,80)(H,71,81)(H,84,85)/t37-,38-,39?,46+,54?,56+,64?/m1/s1. The Kier molecular flexibility index (Phi) is 20.0. The number of hydrogen-bond acceptors (Lipinski definition) is 13. The molecule has 4 aromatic rings. The monoisotopic (exact) mass is 1240 g/mol. The van der Waals surface area contributed by atoms with Crippen molar-refractivity contribution in [2.24, 2.45) is 5.92 Å². The second-order valence-corrected chi connectivity index (χ2v) is 25.1. The number of amides is 8. The highest BCUT2D eigenvalue weighted by molar-refractivity contribution is 6.05. The quantitative estimate of drug-likeness (QED) is 0.0812. The van der Waals surface area contributed by atoms with E-state index in [1.165, 1.54) is 48.0 Å². The summed E-state index contributed by atoms with van der Waals surface area (Å²) in [6.45, 7) is 14.1. The molecule has 5 N–H and O–H groups in total. The Morgan fingerprint density at radius 1 is 0.831 bits per heavy atom. The van der Waals surface area contributed by atoms with E-state index < -0.39 is 113 Å². The number of para-hydroxylation sites is 1. The zero-order valence-electron chi connectivity index (χ0n) is 51.4. The van der Waals surface area contributed by atoms with Crippen molar-refractivity contribution in [3.8, 4) is 0 Å². The average molecular weight is 1240 g/mol. The third-order valence-corrected chi connectivity index (χ3v) is 17.5. The largest absolute Gasteiger partial charge is 0.465 e. The molecule has 3 fully saturated rings. The van der Waals surface area contributed by atoms with Crippen LogP contribution in [0.25, 0.3) is 0 Å². The molecule has 25 heteroatoms. The van der Waals surface area contributed by atoms with Crippen molar-refractivity contribution in [1.29, 1.82) is 0 Å². The first-order valence-corrected chi connectivity index (χ1v) is 30.0. The highest BCUT2D eigenvalue weighted by Crippen LogP contribution is 2.43. The van der Waals surface area contributed by atoms with Gasteiger partial charge in [-0.15, -0.1) is 0 Å². The molecule has 0 aliphatic carbocycles. The Morgan fingerprint density at radius 3 is 2.20 bits per heavy atom. The van der Waals surface area contributed by atoms with Crippen LogP contribution in [0.1, 0.15) is 95.2 Å². The summed E-state index contributed by atoms with van der Waals surface area (Å²) in [5.74, 6) is -7.10. The molecule has 5 aliphatic heterocycles. The number of anilines is 3. The van der Waals surface area contributed by atoms with Crippen LogP contribution < -0.4 is 26.2 Å². The minimum absolute atomic E-state index is 0.0664. The lowest BCUT2D eigenvalue weighted by atomic mass is 9.83. The summed E-state index contributed by atoms with van der Waals surface area (Å²) in [7, 11) is 1.38. The number of carbonyl (C=O) groups is 8. The van der Waals surface area contributed by atoms with Crippen LogP contribution in [0.2, 0.25) is 0 Å². The van der Waals surface area contributed by atoms with Gasteiger partial charge in [-0.25, -0.2) is 22.8 Å². The summed E-state index contributed by atoms with van der Waals surface area (Å²) >= 11 is 0.